The average molecular weight is 282 g/mol. The Kier molecular flexibility index (Phi) is 6.20. The van der Waals surface area contributed by atoms with E-state index in [0.717, 1.165) is 0 Å². The van der Waals surface area contributed by atoms with Crippen LogP contribution >= 0.6 is 0 Å². The van der Waals surface area contributed by atoms with Crippen LogP contribution in [-0.2, 0) is 11.3 Å². The maximum absolute atomic E-state index is 11.6. The highest BCUT2D eigenvalue weighted by molar-refractivity contribution is 5.94. The summed E-state index contributed by atoms with van der Waals surface area (Å²) in [5.74, 6) is 5.83. The molecule has 0 spiro atoms. The third-order valence-corrected chi connectivity index (χ3v) is 2.91. The molecule has 0 saturated carbocycles. The predicted octanol–water partition coefficient (Wildman–Crippen LogP) is 0.150. The van der Waals surface area contributed by atoms with E-state index in [1.165, 1.54) is 0 Å². The predicted molar refractivity (Wildman–Crippen MR) is 74.7 cm³/mol. The zero-order valence-corrected chi connectivity index (χ0v) is 12.2. The molecule has 0 bridgehead atoms. The highest BCUT2D eigenvalue weighted by atomic mass is 16.3. The maximum atomic E-state index is 11.6. The van der Waals surface area contributed by atoms with Crippen LogP contribution in [-0.4, -0.2) is 36.3 Å². The number of rotatable bonds is 7. The molecule has 0 unspecified atom stereocenters. The second kappa shape index (κ2) is 7.66. The van der Waals surface area contributed by atoms with E-state index in [4.69, 9.17) is 10.3 Å². The van der Waals surface area contributed by atoms with Gasteiger partial charge in [0.1, 0.15) is 11.5 Å². The minimum atomic E-state index is -0.385. The van der Waals surface area contributed by atoms with Gasteiger partial charge in [0.15, 0.2) is 0 Å². The van der Waals surface area contributed by atoms with Crippen LogP contribution in [0.3, 0.4) is 0 Å². The van der Waals surface area contributed by atoms with Gasteiger partial charge in [-0.1, -0.05) is 6.92 Å². The van der Waals surface area contributed by atoms with Crippen molar-refractivity contribution in [1.29, 1.82) is 0 Å². The Morgan fingerprint density at radius 3 is 2.65 bits per heavy atom. The van der Waals surface area contributed by atoms with Crippen molar-refractivity contribution in [3.63, 3.8) is 0 Å². The molecule has 2 amide bonds. The van der Waals surface area contributed by atoms with Crippen molar-refractivity contribution < 1.29 is 14.0 Å². The molecule has 0 atom stereocenters. The second-order valence-electron chi connectivity index (χ2n) is 4.41. The minimum Gasteiger partial charge on any atom is -0.464 e. The van der Waals surface area contributed by atoms with Gasteiger partial charge in [0.25, 0.3) is 5.91 Å². The molecule has 1 heterocycles. The number of nitrogens with one attached hydrogen (secondary N) is 2. The third-order valence-electron chi connectivity index (χ3n) is 2.91. The van der Waals surface area contributed by atoms with Crippen LogP contribution in [0.5, 0.6) is 0 Å². The van der Waals surface area contributed by atoms with Crippen molar-refractivity contribution in [1.82, 2.24) is 15.6 Å². The molecule has 0 fully saturated rings. The summed E-state index contributed by atoms with van der Waals surface area (Å²) in [7, 11) is 0. The number of nitrogen functional groups attached to an aromatic ring is 1. The largest absolute Gasteiger partial charge is 0.464 e. The molecule has 0 saturated heterocycles. The lowest BCUT2D eigenvalue weighted by atomic mass is 10.2. The van der Waals surface area contributed by atoms with Crippen LogP contribution < -0.4 is 16.6 Å². The van der Waals surface area contributed by atoms with Gasteiger partial charge in [0.2, 0.25) is 5.91 Å². The van der Waals surface area contributed by atoms with E-state index in [0.29, 0.717) is 43.3 Å². The van der Waals surface area contributed by atoms with Crippen LogP contribution in [0.15, 0.2) is 10.5 Å². The zero-order chi connectivity index (χ0) is 15.1. The molecule has 7 nitrogen and oxygen atoms in total. The molecule has 112 valence electrons. The van der Waals surface area contributed by atoms with Crippen LogP contribution in [0, 0.1) is 6.92 Å². The molecule has 0 aliphatic carbocycles. The van der Waals surface area contributed by atoms with Gasteiger partial charge in [0.05, 0.1) is 18.7 Å². The summed E-state index contributed by atoms with van der Waals surface area (Å²) in [5.41, 5.74) is 2.49. The lowest BCUT2D eigenvalue weighted by Gasteiger charge is -2.18. The average Bonchev–Trinajstić information content (AvgIpc) is 2.78. The number of likely N-dealkylation sites (N-methyl/N-ethyl adjacent to an activating group) is 2. The minimum absolute atomic E-state index is 0.0300. The van der Waals surface area contributed by atoms with E-state index in [1.807, 2.05) is 18.7 Å². The number of nitrogens with zero attached hydrogens (tertiary/aromatic N) is 1. The third kappa shape index (κ3) is 4.36. The Labute approximate surface area is 118 Å². The number of amides is 2. The van der Waals surface area contributed by atoms with Crippen molar-refractivity contribution in [3.05, 3.63) is 23.2 Å². The first-order valence-corrected chi connectivity index (χ1v) is 6.61. The smallest absolute Gasteiger partial charge is 0.268 e. The summed E-state index contributed by atoms with van der Waals surface area (Å²) >= 11 is 0. The zero-order valence-electron chi connectivity index (χ0n) is 12.2. The van der Waals surface area contributed by atoms with Crippen LogP contribution in [0.2, 0.25) is 0 Å². The fourth-order valence-electron chi connectivity index (χ4n) is 1.88. The molecule has 1 aromatic rings. The summed E-state index contributed by atoms with van der Waals surface area (Å²) < 4.78 is 5.52. The van der Waals surface area contributed by atoms with Gasteiger partial charge in [-0.2, -0.15) is 0 Å². The van der Waals surface area contributed by atoms with Crippen molar-refractivity contribution in [2.45, 2.75) is 27.3 Å². The lowest BCUT2D eigenvalue weighted by molar-refractivity contribution is -0.122. The van der Waals surface area contributed by atoms with Gasteiger partial charge < -0.3 is 9.73 Å². The molecule has 1 aromatic heterocycles. The standard InChI is InChI=1S/C13H22N4O3/c1-4-15-12(18)8-17(5-2)7-10-6-11(9(3)20-10)13(19)16-14/h6H,4-5,7-8,14H2,1-3H3,(H,15,18)(H,16,19). The number of carbonyl (C=O) groups excluding carboxylic acids is 2. The highest BCUT2D eigenvalue weighted by Gasteiger charge is 2.16. The Hall–Kier alpha value is -1.86. The molecule has 7 heteroatoms. The number of hydrogen-bond donors (Lipinski definition) is 3. The van der Waals surface area contributed by atoms with E-state index in [9.17, 15) is 9.59 Å². The summed E-state index contributed by atoms with van der Waals surface area (Å²) in [5, 5.41) is 2.75. The number of hydrazine groups is 1. The second-order valence-corrected chi connectivity index (χ2v) is 4.41. The first-order chi connectivity index (χ1) is 9.51. The first-order valence-electron chi connectivity index (χ1n) is 6.61. The van der Waals surface area contributed by atoms with E-state index in [1.54, 1.807) is 13.0 Å². The Morgan fingerprint density at radius 2 is 2.10 bits per heavy atom. The van der Waals surface area contributed by atoms with Gasteiger partial charge in [-0.05, 0) is 26.5 Å². The number of aryl methyl sites for hydroxylation is 1. The van der Waals surface area contributed by atoms with Crippen LogP contribution in [0.25, 0.3) is 0 Å². The summed E-state index contributed by atoms with van der Waals surface area (Å²) in [4.78, 5) is 25.0. The van der Waals surface area contributed by atoms with Crippen molar-refractivity contribution >= 4 is 11.8 Å². The summed E-state index contributed by atoms with van der Waals surface area (Å²) in [6.07, 6.45) is 0. The Morgan fingerprint density at radius 1 is 1.40 bits per heavy atom. The summed E-state index contributed by atoms with van der Waals surface area (Å²) in [6, 6.07) is 1.65. The monoisotopic (exact) mass is 282 g/mol. The quantitative estimate of drug-likeness (QED) is 0.375. The van der Waals surface area contributed by atoms with E-state index < -0.39 is 0 Å². The van der Waals surface area contributed by atoms with E-state index >= 15 is 0 Å². The summed E-state index contributed by atoms with van der Waals surface area (Å²) in [6.45, 7) is 7.61. The van der Waals surface area contributed by atoms with Gasteiger partial charge >= 0.3 is 0 Å². The fourth-order valence-corrected chi connectivity index (χ4v) is 1.88. The molecular weight excluding hydrogens is 260 g/mol. The molecule has 0 aliphatic heterocycles. The van der Waals surface area contributed by atoms with Gasteiger partial charge in [-0.25, -0.2) is 5.84 Å². The van der Waals surface area contributed by atoms with E-state index in [2.05, 4.69) is 10.7 Å². The first kappa shape index (κ1) is 16.2. The molecule has 4 N–H and O–H groups in total. The molecule has 0 radical (unpaired) electrons. The van der Waals surface area contributed by atoms with Gasteiger partial charge in [0, 0.05) is 6.54 Å². The molecule has 1 rings (SSSR count). The maximum Gasteiger partial charge on any atom is 0.268 e. The molecular formula is C13H22N4O3. The molecule has 0 aliphatic rings. The Balaban J connectivity index is 2.70. The normalized spacial score (nSPS) is 10.7. The number of hydrogen-bond acceptors (Lipinski definition) is 5. The Bertz CT molecular complexity index is 470. The van der Waals surface area contributed by atoms with Crippen LogP contribution in [0.1, 0.15) is 35.7 Å². The molecule has 20 heavy (non-hydrogen) atoms. The number of furan rings is 1. The van der Waals surface area contributed by atoms with E-state index in [-0.39, 0.29) is 11.8 Å². The van der Waals surface area contributed by atoms with Crippen molar-refractivity contribution in [3.8, 4) is 0 Å². The molecule has 0 aromatic carbocycles. The van der Waals surface area contributed by atoms with Crippen molar-refractivity contribution in [2.24, 2.45) is 5.84 Å². The SMILES string of the molecule is CCNC(=O)CN(CC)Cc1cc(C(=O)NN)c(C)o1. The van der Waals surface area contributed by atoms with Crippen molar-refractivity contribution in [2.75, 3.05) is 19.6 Å². The highest BCUT2D eigenvalue weighted by Crippen LogP contribution is 2.16. The van der Waals surface area contributed by atoms with Gasteiger partial charge in [-0.15, -0.1) is 0 Å². The van der Waals surface area contributed by atoms with Crippen LogP contribution in [0.4, 0.5) is 0 Å². The number of carbonyl (C=O) groups is 2. The lowest BCUT2D eigenvalue weighted by Crippen LogP contribution is -2.36. The number of nitrogens with two attached hydrogens (primary N) is 1. The fraction of sp³-hybridized carbons (Fsp3) is 0.538. The van der Waals surface area contributed by atoms with Gasteiger partial charge in [-0.3, -0.25) is 19.9 Å². The topological polar surface area (TPSA) is 101 Å².